The number of hydrogen-bond acceptors (Lipinski definition) is 3. The third-order valence-electron chi connectivity index (χ3n) is 2.69. The molecule has 0 radical (unpaired) electrons. The van der Waals surface area contributed by atoms with Gasteiger partial charge in [0.05, 0.1) is 11.7 Å². The standard InChI is InChI=1S/C14H14FNO2S/c15-11-5-2-1-4-10(11)14(18)16-8-7-12(17)13-6-3-9-19-13/h1-6,9,12,17H,7-8H2,(H,16,18). The summed E-state index contributed by atoms with van der Waals surface area (Å²) in [6.45, 7) is 0.298. The Bertz CT molecular complexity index is 542. The average molecular weight is 279 g/mol. The number of nitrogens with one attached hydrogen (secondary N) is 1. The lowest BCUT2D eigenvalue weighted by molar-refractivity contribution is 0.0939. The molecule has 0 bridgehead atoms. The molecule has 1 aromatic heterocycles. The molecule has 0 saturated heterocycles. The molecule has 1 amide bonds. The Balaban J connectivity index is 1.83. The van der Waals surface area contributed by atoms with Crippen molar-refractivity contribution in [3.63, 3.8) is 0 Å². The van der Waals surface area contributed by atoms with Crippen LogP contribution >= 0.6 is 11.3 Å². The van der Waals surface area contributed by atoms with E-state index in [0.29, 0.717) is 13.0 Å². The average Bonchev–Trinajstić information content (AvgIpc) is 2.93. The molecule has 0 saturated carbocycles. The second kappa shape index (κ2) is 6.45. The number of carbonyl (C=O) groups is 1. The first-order chi connectivity index (χ1) is 9.18. The van der Waals surface area contributed by atoms with E-state index in [2.05, 4.69) is 5.32 Å². The molecule has 5 heteroatoms. The molecular weight excluding hydrogens is 265 g/mol. The third-order valence-corrected chi connectivity index (χ3v) is 3.67. The van der Waals surface area contributed by atoms with Gasteiger partial charge in [0, 0.05) is 11.4 Å². The minimum atomic E-state index is -0.596. The molecule has 1 unspecified atom stereocenters. The minimum Gasteiger partial charge on any atom is -0.388 e. The number of amides is 1. The highest BCUT2D eigenvalue weighted by Crippen LogP contribution is 2.20. The number of rotatable bonds is 5. The summed E-state index contributed by atoms with van der Waals surface area (Å²) >= 11 is 1.47. The largest absolute Gasteiger partial charge is 0.388 e. The molecule has 0 fully saturated rings. The van der Waals surface area contributed by atoms with Gasteiger partial charge < -0.3 is 10.4 Å². The number of thiophene rings is 1. The predicted molar refractivity (Wildman–Crippen MR) is 72.6 cm³/mol. The summed E-state index contributed by atoms with van der Waals surface area (Å²) in [5, 5.41) is 14.3. The van der Waals surface area contributed by atoms with Crippen LogP contribution in [-0.4, -0.2) is 17.6 Å². The lowest BCUT2D eigenvalue weighted by atomic mass is 10.2. The number of halogens is 1. The van der Waals surface area contributed by atoms with Crippen LogP contribution in [0.1, 0.15) is 27.8 Å². The first kappa shape index (κ1) is 13.7. The molecule has 1 atom stereocenters. The monoisotopic (exact) mass is 279 g/mol. The second-order valence-corrected chi connectivity index (χ2v) is 5.03. The zero-order chi connectivity index (χ0) is 13.7. The van der Waals surface area contributed by atoms with Gasteiger partial charge in [0.25, 0.3) is 5.91 Å². The number of carbonyl (C=O) groups excluding carboxylic acids is 1. The van der Waals surface area contributed by atoms with Gasteiger partial charge in [-0.2, -0.15) is 0 Å². The van der Waals surface area contributed by atoms with Gasteiger partial charge in [-0.3, -0.25) is 4.79 Å². The molecule has 2 N–H and O–H groups in total. The highest BCUT2D eigenvalue weighted by atomic mass is 32.1. The zero-order valence-corrected chi connectivity index (χ0v) is 11.0. The van der Waals surface area contributed by atoms with E-state index in [-0.39, 0.29) is 5.56 Å². The van der Waals surface area contributed by atoms with Gasteiger partial charge in [0.2, 0.25) is 0 Å². The summed E-state index contributed by atoms with van der Waals surface area (Å²) in [5.74, 6) is -1.00. The van der Waals surface area contributed by atoms with E-state index in [4.69, 9.17) is 0 Å². The van der Waals surface area contributed by atoms with Crippen LogP contribution in [0.3, 0.4) is 0 Å². The molecule has 0 aliphatic heterocycles. The van der Waals surface area contributed by atoms with Crippen LogP contribution in [-0.2, 0) is 0 Å². The summed E-state index contributed by atoms with van der Waals surface area (Å²) < 4.78 is 13.3. The van der Waals surface area contributed by atoms with Crippen molar-refractivity contribution in [2.45, 2.75) is 12.5 Å². The predicted octanol–water partition coefficient (Wildman–Crippen LogP) is 2.74. The maximum Gasteiger partial charge on any atom is 0.254 e. The van der Waals surface area contributed by atoms with E-state index in [0.717, 1.165) is 4.88 Å². The fraction of sp³-hybridized carbons (Fsp3) is 0.214. The van der Waals surface area contributed by atoms with E-state index >= 15 is 0 Å². The second-order valence-electron chi connectivity index (χ2n) is 4.06. The lowest BCUT2D eigenvalue weighted by Gasteiger charge is -2.10. The van der Waals surface area contributed by atoms with Gasteiger partial charge in [0.15, 0.2) is 0 Å². The molecule has 3 nitrogen and oxygen atoms in total. The summed E-state index contributed by atoms with van der Waals surface area (Å²) in [4.78, 5) is 12.6. The highest BCUT2D eigenvalue weighted by molar-refractivity contribution is 7.10. The Hall–Kier alpha value is -1.72. The fourth-order valence-corrected chi connectivity index (χ4v) is 2.43. The Labute approximate surface area is 114 Å². The van der Waals surface area contributed by atoms with E-state index in [1.54, 1.807) is 6.07 Å². The lowest BCUT2D eigenvalue weighted by Crippen LogP contribution is -2.26. The first-order valence-electron chi connectivity index (χ1n) is 5.92. The molecule has 19 heavy (non-hydrogen) atoms. The number of benzene rings is 1. The van der Waals surface area contributed by atoms with Gasteiger partial charge in [0.1, 0.15) is 5.82 Å². The van der Waals surface area contributed by atoms with Crippen molar-refractivity contribution in [3.8, 4) is 0 Å². The van der Waals surface area contributed by atoms with Crippen LogP contribution in [0.15, 0.2) is 41.8 Å². The quantitative estimate of drug-likeness (QED) is 0.884. The van der Waals surface area contributed by atoms with Gasteiger partial charge in [-0.05, 0) is 30.0 Å². The van der Waals surface area contributed by atoms with Gasteiger partial charge in [-0.25, -0.2) is 4.39 Å². The Morgan fingerprint density at radius 1 is 1.32 bits per heavy atom. The van der Waals surface area contributed by atoms with Crippen LogP contribution < -0.4 is 5.32 Å². The zero-order valence-electron chi connectivity index (χ0n) is 10.2. The SMILES string of the molecule is O=C(NCCC(O)c1cccs1)c1ccccc1F. The Morgan fingerprint density at radius 2 is 2.11 bits per heavy atom. The summed E-state index contributed by atoms with van der Waals surface area (Å²) in [6, 6.07) is 9.52. The highest BCUT2D eigenvalue weighted by Gasteiger charge is 2.12. The molecule has 0 aliphatic rings. The maximum absolute atomic E-state index is 13.3. The van der Waals surface area contributed by atoms with Crippen molar-refractivity contribution < 1.29 is 14.3 Å². The van der Waals surface area contributed by atoms with Crippen LogP contribution in [0.5, 0.6) is 0 Å². The van der Waals surface area contributed by atoms with E-state index < -0.39 is 17.8 Å². The molecule has 2 rings (SSSR count). The maximum atomic E-state index is 13.3. The van der Waals surface area contributed by atoms with Crippen molar-refractivity contribution >= 4 is 17.2 Å². The van der Waals surface area contributed by atoms with Gasteiger partial charge in [-0.15, -0.1) is 11.3 Å². The topological polar surface area (TPSA) is 49.3 Å². The molecule has 2 aromatic rings. The van der Waals surface area contributed by atoms with Crippen molar-refractivity contribution in [2.24, 2.45) is 0 Å². The van der Waals surface area contributed by atoms with E-state index in [1.807, 2.05) is 17.5 Å². The number of hydrogen-bond donors (Lipinski definition) is 2. The van der Waals surface area contributed by atoms with Crippen LogP contribution in [0.2, 0.25) is 0 Å². The number of aliphatic hydroxyl groups is 1. The summed E-state index contributed by atoms with van der Waals surface area (Å²) in [5.41, 5.74) is 0.0214. The molecule has 0 spiro atoms. The summed E-state index contributed by atoms with van der Waals surface area (Å²) in [7, 11) is 0. The van der Waals surface area contributed by atoms with Crippen LogP contribution in [0.4, 0.5) is 4.39 Å². The molecule has 1 heterocycles. The third kappa shape index (κ3) is 3.62. The van der Waals surface area contributed by atoms with E-state index in [9.17, 15) is 14.3 Å². The first-order valence-corrected chi connectivity index (χ1v) is 6.80. The van der Waals surface area contributed by atoms with Gasteiger partial charge >= 0.3 is 0 Å². The van der Waals surface area contributed by atoms with Crippen molar-refractivity contribution in [1.82, 2.24) is 5.32 Å². The van der Waals surface area contributed by atoms with Crippen molar-refractivity contribution in [1.29, 1.82) is 0 Å². The molecule has 1 aromatic carbocycles. The van der Waals surface area contributed by atoms with Crippen LogP contribution in [0.25, 0.3) is 0 Å². The van der Waals surface area contributed by atoms with E-state index in [1.165, 1.54) is 29.5 Å². The molecular formula is C14H14FNO2S. The van der Waals surface area contributed by atoms with Crippen molar-refractivity contribution in [3.05, 3.63) is 58.0 Å². The van der Waals surface area contributed by atoms with Gasteiger partial charge in [-0.1, -0.05) is 18.2 Å². The fourth-order valence-electron chi connectivity index (χ4n) is 1.69. The Kier molecular flexibility index (Phi) is 4.65. The molecule has 100 valence electrons. The Morgan fingerprint density at radius 3 is 2.79 bits per heavy atom. The molecule has 0 aliphatic carbocycles. The number of aliphatic hydroxyl groups excluding tert-OH is 1. The summed E-state index contributed by atoms with van der Waals surface area (Å²) in [6.07, 6.45) is -0.193. The minimum absolute atomic E-state index is 0.0214. The normalized spacial score (nSPS) is 12.1. The van der Waals surface area contributed by atoms with Crippen molar-refractivity contribution in [2.75, 3.05) is 6.54 Å². The smallest absolute Gasteiger partial charge is 0.254 e. The van der Waals surface area contributed by atoms with Crippen LogP contribution in [0, 0.1) is 5.82 Å².